The highest BCUT2D eigenvalue weighted by molar-refractivity contribution is 5.78. The van der Waals surface area contributed by atoms with E-state index in [9.17, 15) is 18.0 Å². The average molecular weight is 456 g/mol. The zero-order valence-electron chi connectivity index (χ0n) is 17.8. The van der Waals surface area contributed by atoms with E-state index in [1.54, 1.807) is 4.90 Å². The maximum atomic E-state index is 14.0. The predicted octanol–water partition coefficient (Wildman–Crippen LogP) is 4.17. The number of carbonyl (C=O) groups excluding carboxylic acids is 1. The summed E-state index contributed by atoms with van der Waals surface area (Å²) in [7, 11) is 0. The van der Waals surface area contributed by atoms with Gasteiger partial charge in [0.05, 0.1) is 0 Å². The Morgan fingerprint density at radius 1 is 1.12 bits per heavy atom. The van der Waals surface area contributed by atoms with E-state index >= 15 is 0 Å². The maximum absolute atomic E-state index is 14.0. The number of carbonyl (C=O) groups is 1. The molecule has 0 radical (unpaired) electrons. The molecule has 2 bridgehead atoms. The zero-order chi connectivity index (χ0) is 23.1. The summed E-state index contributed by atoms with van der Waals surface area (Å²) in [4.78, 5) is 19.6. The van der Waals surface area contributed by atoms with Gasteiger partial charge in [0.1, 0.15) is 11.9 Å². The highest BCUT2D eigenvalue weighted by Crippen LogP contribution is 2.50. The third kappa shape index (κ3) is 4.13. The minimum atomic E-state index is -1.26. The Kier molecular flexibility index (Phi) is 5.65. The Morgan fingerprint density at radius 3 is 2.67 bits per heavy atom. The number of hydrogen-bond acceptors (Lipinski definition) is 5. The molecule has 1 aliphatic carbocycles. The van der Waals surface area contributed by atoms with Crippen LogP contribution in [0.3, 0.4) is 0 Å². The first kappa shape index (κ1) is 21.6. The molecule has 2 aromatic carbocycles. The molecule has 0 spiro atoms. The van der Waals surface area contributed by atoms with Gasteiger partial charge in [-0.15, -0.1) is 0 Å². The molecule has 4 atom stereocenters. The van der Waals surface area contributed by atoms with Crippen LogP contribution in [0.5, 0.6) is 0 Å². The number of nitrogens with two attached hydrogens (primary N) is 1. The SMILES string of the molecule is N[C@@H](CC(=O)N1[C@@H]2CC[C@H](C2)[C@@H]1c1nc(-c2ccccc2)no1)Cc1cc(F)c(F)cc1F. The lowest BCUT2D eigenvalue weighted by Crippen LogP contribution is -2.43. The van der Waals surface area contributed by atoms with E-state index < -0.39 is 23.5 Å². The molecule has 33 heavy (non-hydrogen) atoms. The van der Waals surface area contributed by atoms with Gasteiger partial charge in [0, 0.05) is 30.1 Å². The maximum Gasteiger partial charge on any atom is 0.250 e. The number of likely N-dealkylation sites (tertiary alicyclic amines) is 1. The van der Waals surface area contributed by atoms with Gasteiger partial charge < -0.3 is 15.2 Å². The Hall–Kier alpha value is -3.20. The highest BCUT2D eigenvalue weighted by atomic mass is 19.2. The third-order valence-corrected chi connectivity index (χ3v) is 6.61. The fraction of sp³-hybridized carbons (Fsp3) is 0.375. The molecule has 0 unspecified atom stereocenters. The fourth-order valence-electron chi connectivity index (χ4n) is 5.13. The smallest absolute Gasteiger partial charge is 0.250 e. The molecule has 2 heterocycles. The van der Waals surface area contributed by atoms with Gasteiger partial charge in [-0.05, 0) is 43.2 Å². The van der Waals surface area contributed by atoms with Crippen LogP contribution >= 0.6 is 0 Å². The van der Waals surface area contributed by atoms with Gasteiger partial charge in [0.15, 0.2) is 11.6 Å². The number of halogens is 3. The lowest BCUT2D eigenvalue weighted by atomic mass is 9.97. The summed E-state index contributed by atoms with van der Waals surface area (Å²) < 4.78 is 46.2. The quantitative estimate of drug-likeness (QED) is 0.563. The summed E-state index contributed by atoms with van der Waals surface area (Å²) >= 11 is 0. The summed E-state index contributed by atoms with van der Waals surface area (Å²) in [5.74, 6) is -2.39. The normalized spacial score (nSPS) is 22.7. The molecule has 5 rings (SSSR count). The number of benzene rings is 2. The summed E-state index contributed by atoms with van der Waals surface area (Å²) in [5, 5.41) is 4.09. The molecule has 9 heteroatoms. The molecule has 1 aliphatic heterocycles. The fourth-order valence-corrected chi connectivity index (χ4v) is 5.13. The van der Waals surface area contributed by atoms with Crippen LogP contribution in [-0.4, -0.2) is 33.0 Å². The van der Waals surface area contributed by atoms with Crippen LogP contribution in [0.1, 0.15) is 43.2 Å². The average Bonchev–Trinajstić information content (AvgIpc) is 3.54. The molecular formula is C24H23F3N4O2. The molecule has 6 nitrogen and oxygen atoms in total. The van der Waals surface area contributed by atoms with Crippen LogP contribution < -0.4 is 5.73 Å². The first-order chi connectivity index (χ1) is 15.9. The van der Waals surface area contributed by atoms with Crippen LogP contribution in [0.25, 0.3) is 11.4 Å². The monoisotopic (exact) mass is 456 g/mol. The molecule has 1 amide bonds. The van der Waals surface area contributed by atoms with Crippen molar-refractivity contribution < 1.29 is 22.5 Å². The van der Waals surface area contributed by atoms with Crippen LogP contribution in [-0.2, 0) is 11.2 Å². The van der Waals surface area contributed by atoms with Crippen molar-refractivity contribution in [2.24, 2.45) is 11.7 Å². The van der Waals surface area contributed by atoms with Crippen molar-refractivity contribution in [3.05, 3.63) is 71.4 Å². The second-order valence-electron chi connectivity index (χ2n) is 8.82. The number of piperidine rings is 1. The molecular weight excluding hydrogens is 433 g/mol. The Labute approximate surface area is 188 Å². The summed E-state index contributed by atoms with van der Waals surface area (Å²) in [5.41, 5.74) is 6.88. The number of aromatic nitrogens is 2. The second-order valence-corrected chi connectivity index (χ2v) is 8.82. The van der Waals surface area contributed by atoms with Crippen LogP contribution in [0.2, 0.25) is 0 Å². The molecule has 1 aromatic heterocycles. The van der Waals surface area contributed by atoms with Crippen molar-refractivity contribution in [2.45, 2.75) is 50.2 Å². The van der Waals surface area contributed by atoms with E-state index in [0.29, 0.717) is 17.8 Å². The van der Waals surface area contributed by atoms with Gasteiger partial charge in [0.2, 0.25) is 17.6 Å². The molecule has 1 saturated carbocycles. The molecule has 172 valence electrons. The van der Waals surface area contributed by atoms with Crippen LogP contribution in [0.15, 0.2) is 47.0 Å². The number of hydrogen-bond donors (Lipinski definition) is 1. The van der Waals surface area contributed by atoms with E-state index in [1.807, 2.05) is 30.3 Å². The van der Waals surface area contributed by atoms with Gasteiger partial charge in [-0.1, -0.05) is 35.5 Å². The molecule has 1 saturated heterocycles. The van der Waals surface area contributed by atoms with E-state index in [2.05, 4.69) is 10.1 Å². The van der Waals surface area contributed by atoms with E-state index in [-0.39, 0.29) is 42.3 Å². The summed E-state index contributed by atoms with van der Waals surface area (Å²) in [6.07, 6.45) is 2.57. The van der Waals surface area contributed by atoms with Crippen molar-refractivity contribution in [1.29, 1.82) is 0 Å². The number of nitrogens with zero attached hydrogens (tertiary/aromatic N) is 3. The second kappa shape index (κ2) is 8.62. The van der Waals surface area contributed by atoms with E-state index in [1.165, 1.54) is 0 Å². The van der Waals surface area contributed by atoms with E-state index in [0.717, 1.165) is 30.9 Å². The first-order valence-electron chi connectivity index (χ1n) is 11.0. The molecule has 2 N–H and O–H groups in total. The highest BCUT2D eigenvalue weighted by Gasteiger charge is 2.51. The standard InChI is InChI=1S/C24H23F3N4O2/c25-18-12-20(27)19(26)10-15(18)8-16(28)11-21(32)31-17-7-6-14(9-17)22(31)24-29-23(30-33-24)13-4-2-1-3-5-13/h1-5,10,12,14,16-17,22H,6-9,11,28H2/t14-,16-,17-,22-/m1/s1. The third-order valence-electron chi connectivity index (χ3n) is 6.61. The number of amides is 1. The topological polar surface area (TPSA) is 85.3 Å². The molecule has 3 aromatic rings. The summed E-state index contributed by atoms with van der Waals surface area (Å²) in [6, 6.07) is 9.71. The Balaban J connectivity index is 1.32. The van der Waals surface area contributed by atoms with Crippen LogP contribution in [0.4, 0.5) is 13.2 Å². The summed E-state index contributed by atoms with van der Waals surface area (Å²) in [6.45, 7) is 0. The van der Waals surface area contributed by atoms with Crippen molar-refractivity contribution in [3.8, 4) is 11.4 Å². The first-order valence-corrected chi connectivity index (χ1v) is 11.0. The van der Waals surface area contributed by atoms with Crippen molar-refractivity contribution in [3.63, 3.8) is 0 Å². The Morgan fingerprint density at radius 2 is 1.88 bits per heavy atom. The predicted molar refractivity (Wildman–Crippen MR) is 113 cm³/mol. The van der Waals surface area contributed by atoms with Gasteiger partial charge in [-0.25, -0.2) is 13.2 Å². The largest absolute Gasteiger partial charge is 0.337 e. The van der Waals surface area contributed by atoms with Gasteiger partial charge in [0.25, 0.3) is 0 Å². The van der Waals surface area contributed by atoms with Gasteiger partial charge in [-0.3, -0.25) is 4.79 Å². The lowest BCUT2D eigenvalue weighted by Gasteiger charge is -2.33. The molecule has 2 fully saturated rings. The molecule has 2 aliphatic rings. The lowest BCUT2D eigenvalue weighted by molar-refractivity contribution is -0.136. The minimum absolute atomic E-state index is 0.0573. The van der Waals surface area contributed by atoms with E-state index in [4.69, 9.17) is 10.3 Å². The Bertz CT molecular complexity index is 1170. The minimum Gasteiger partial charge on any atom is -0.337 e. The zero-order valence-corrected chi connectivity index (χ0v) is 17.8. The van der Waals surface area contributed by atoms with Crippen LogP contribution in [0, 0.1) is 23.4 Å². The van der Waals surface area contributed by atoms with Gasteiger partial charge in [-0.2, -0.15) is 4.98 Å². The van der Waals surface area contributed by atoms with Gasteiger partial charge >= 0.3 is 0 Å². The number of rotatable bonds is 6. The van der Waals surface area contributed by atoms with Crippen molar-refractivity contribution in [1.82, 2.24) is 15.0 Å². The van der Waals surface area contributed by atoms with Crippen molar-refractivity contribution >= 4 is 5.91 Å². The van der Waals surface area contributed by atoms with Crippen molar-refractivity contribution in [2.75, 3.05) is 0 Å². The number of fused-ring (bicyclic) bond motifs is 2.